The van der Waals surface area contributed by atoms with Crippen molar-refractivity contribution in [2.45, 2.75) is 37.1 Å². The SMILES string of the molecule is COc1ccc(Cl)cc1S(=O)(=O)N1CCC[C@@H]1C(=O)NCCc1csc(C)n1. The number of benzene rings is 1. The summed E-state index contributed by atoms with van der Waals surface area (Å²) >= 11 is 7.55. The predicted molar refractivity (Wildman–Crippen MR) is 108 cm³/mol. The van der Waals surface area contributed by atoms with Gasteiger partial charge in [0.2, 0.25) is 15.9 Å². The average Bonchev–Trinajstić information content (AvgIpc) is 3.31. The number of aryl methyl sites for hydroxylation is 1. The first kappa shape index (κ1) is 21.0. The number of halogens is 1. The number of aromatic nitrogens is 1. The van der Waals surface area contributed by atoms with Crippen LogP contribution >= 0.6 is 22.9 Å². The Morgan fingerprint density at radius 2 is 2.25 bits per heavy atom. The lowest BCUT2D eigenvalue weighted by molar-refractivity contribution is -0.124. The van der Waals surface area contributed by atoms with Gasteiger partial charge < -0.3 is 10.1 Å². The smallest absolute Gasteiger partial charge is 0.247 e. The third kappa shape index (κ3) is 4.48. The molecular weight excluding hydrogens is 422 g/mol. The molecule has 2 aromatic rings. The minimum absolute atomic E-state index is 0.0276. The lowest BCUT2D eigenvalue weighted by Crippen LogP contribution is -2.46. The second kappa shape index (κ2) is 8.77. The fourth-order valence-corrected chi connectivity index (χ4v) is 5.95. The number of thiazole rings is 1. The molecule has 0 bridgehead atoms. The van der Waals surface area contributed by atoms with Gasteiger partial charge in [-0.25, -0.2) is 13.4 Å². The molecule has 3 rings (SSSR count). The Hall–Kier alpha value is -1.68. The van der Waals surface area contributed by atoms with Crippen molar-refractivity contribution in [3.63, 3.8) is 0 Å². The summed E-state index contributed by atoms with van der Waals surface area (Å²) in [6.45, 7) is 2.62. The molecule has 0 unspecified atom stereocenters. The molecule has 1 atom stereocenters. The number of ether oxygens (including phenoxy) is 1. The lowest BCUT2D eigenvalue weighted by Gasteiger charge is -2.24. The topological polar surface area (TPSA) is 88.6 Å². The van der Waals surface area contributed by atoms with Gasteiger partial charge in [-0.15, -0.1) is 11.3 Å². The molecule has 1 amide bonds. The van der Waals surface area contributed by atoms with Crippen molar-refractivity contribution >= 4 is 38.9 Å². The molecule has 1 fully saturated rings. The van der Waals surface area contributed by atoms with E-state index in [-0.39, 0.29) is 28.1 Å². The number of hydrogen-bond acceptors (Lipinski definition) is 6. The minimum atomic E-state index is -3.92. The Morgan fingerprint density at radius 1 is 1.46 bits per heavy atom. The van der Waals surface area contributed by atoms with Gasteiger partial charge in [0, 0.05) is 29.9 Å². The van der Waals surface area contributed by atoms with E-state index in [4.69, 9.17) is 16.3 Å². The number of carbonyl (C=O) groups is 1. The van der Waals surface area contributed by atoms with E-state index < -0.39 is 16.1 Å². The van der Waals surface area contributed by atoms with Crippen molar-refractivity contribution in [2.75, 3.05) is 20.2 Å². The quantitative estimate of drug-likeness (QED) is 0.710. The van der Waals surface area contributed by atoms with Crippen molar-refractivity contribution in [1.29, 1.82) is 0 Å². The van der Waals surface area contributed by atoms with Crippen molar-refractivity contribution in [2.24, 2.45) is 0 Å². The third-order valence-corrected chi connectivity index (χ3v) is 7.55. The van der Waals surface area contributed by atoms with E-state index >= 15 is 0 Å². The second-order valence-electron chi connectivity index (χ2n) is 6.47. The van der Waals surface area contributed by atoms with E-state index in [0.717, 1.165) is 10.7 Å². The van der Waals surface area contributed by atoms with Crippen LogP contribution in [0.4, 0.5) is 0 Å². The zero-order valence-corrected chi connectivity index (χ0v) is 18.0. The van der Waals surface area contributed by atoms with Gasteiger partial charge in [0.25, 0.3) is 0 Å². The number of amides is 1. The first-order chi connectivity index (χ1) is 13.3. The van der Waals surface area contributed by atoms with E-state index in [2.05, 4.69) is 10.3 Å². The maximum Gasteiger partial charge on any atom is 0.247 e. The first-order valence-corrected chi connectivity index (χ1v) is 11.6. The predicted octanol–water partition coefficient (Wildman–Crippen LogP) is 2.63. The van der Waals surface area contributed by atoms with E-state index in [1.807, 2.05) is 12.3 Å². The van der Waals surface area contributed by atoms with Gasteiger partial charge in [-0.05, 0) is 38.0 Å². The van der Waals surface area contributed by atoms with Crippen LogP contribution in [0.15, 0.2) is 28.5 Å². The normalized spacial score (nSPS) is 17.6. The fourth-order valence-electron chi connectivity index (χ4n) is 3.22. The summed E-state index contributed by atoms with van der Waals surface area (Å²) in [5.74, 6) is -0.0941. The van der Waals surface area contributed by atoms with Crippen molar-refractivity contribution < 1.29 is 17.9 Å². The Kier molecular flexibility index (Phi) is 6.59. The Bertz CT molecular complexity index is 961. The third-order valence-electron chi connectivity index (χ3n) is 4.57. The monoisotopic (exact) mass is 443 g/mol. The molecule has 10 heteroatoms. The van der Waals surface area contributed by atoms with Crippen LogP contribution in [0.2, 0.25) is 5.02 Å². The molecular formula is C18H22ClN3O4S2. The maximum absolute atomic E-state index is 13.2. The van der Waals surface area contributed by atoms with E-state index in [1.165, 1.54) is 23.5 Å². The largest absolute Gasteiger partial charge is 0.495 e. The van der Waals surface area contributed by atoms with Gasteiger partial charge in [-0.1, -0.05) is 11.6 Å². The molecule has 1 aliphatic heterocycles. The zero-order chi connectivity index (χ0) is 20.3. The summed E-state index contributed by atoms with van der Waals surface area (Å²) in [6.07, 6.45) is 1.70. The lowest BCUT2D eigenvalue weighted by atomic mass is 10.2. The highest BCUT2D eigenvalue weighted by atomic mass is 35.5. The second-order valence-corrected chi connectivity index (χ2v) is 9.83. The summed E-state index contributed by atoms with van der Waals surface area (Å²) in [5.41, 5.74) is 0.919. The van der Waals surface area contributed by atoms with E-state index in [0.29, 0.717) is 25.8 Å². The van der Waals surface area contributed by atoms with Gasteiger partial charge in [-0.2, -0.15) is 4.31 Å². The van der Waals surface area contributed by atoms with Crippen molar-refractivity contribution in [3.8, 4) is 5.75 Å². The van der Waals surface area contributed by atoms with E-state index in [1.54, 1.807) is 17.4 Å². The fraction of sp³-hybridized carbons (Fsp3) is 0.444. The standard InChI is InChI=1S/C18H22ClN3O4S2/c1-12-21-14(11-27-12)7-8-20-18(23)15-4-3-9-22(15)28(24,25)17-10-13(19)5-6-16(17)26-2/h5-6,10-11,15H,3-4,7-9H2,1-2H3,(H,20,23)/t15-/m1/s1. The minimum Gasteiger partial charge on any atom is -0.495 e. The molecule has 152 valence electrons. The average molecular weight is 444 g/mol. The molecule has 28 heavy (non-hydrogen) atoms. The summed E-state index contributed by atoms with van der Waals surface area (Å²) in [4.78, 5) is 17.0. The van der Waals surface area contributed by atoms with Gasteiger partial charge in [0.15, 0.2) is 0 Å². The summed E-state index contributed by atoms with van der Waals surface area (Å²) < 4.78 is 32.8. The highest BCUT2D eigenvalue weighted by Gasteiger charge is 2.40. The molecule has 0 radical (unpaired) electrons. The zero-order valence-electron chi connectivity index (χ0n) is 15.6. The summed E-state index contributed by atoms with van der Waals surface area (Å²) in [5, 5.41) is 6.06. The summed E-state index contributed by atoms with van der Waals surface area (Å²) in [6, 6.07) is 3.68. The van der Waals surface area contributed by atoms with Crippen molar-refractivity contribution in [1.82, 2.24) is 14.6 Å². The van der Waals surface area contributed by atoms with Crippen LogP contribution < -0.4 is 10.1 Å². The van der Waals surface area contributed by atoms with Crippen molar-refractivity contribution in [3.05, 3.63) is 39.3 Å². The molecule has 1 aromatic heterocycles. The van der Waals surface area contributed by atoms with Gasteiger partial charge in [0.05, 0.1) is 17.8 Å². The number of nitrogens with one attached hydrogen (secondary N) is 1. The molecule has 0 aliphatic carbocycles. The molecule has 0 spiro atoms. The van der Waals surface area contributed by atoms with Crippen LogP contribution in [0.3, 0.4) is 0 Å². The molecule has 1 saturated heterocycles. The van der Waals surface area contributed by atoms with Gasteiger partial charge in [0.1, 0.15) is 16.7 Å². The van der Waals surface area contributed by atoms with Crippen LogP contribution in [-0.4, -0.2) is 49.9 Å². The van der Waals surface area contributed by atoms with Crippen LogP contribution in [0.25, 0.3) is 0 Å². The van der Waals surface area contributed by atoms with Gasteiger partial charge >= 0.3 is 0 Å². The molecule has 0 saturated carbocycles. The summed E-state index contributed by atoms with van der Waals surface area (Å²) in [7, 11) is -2.52. The maximum atomic E-state index is 13.2. The van der Waals surface area contributed by atoms with Crippen LogP contribution in [-0.2, 0) is 21.2 Å². The van der Waals surface area contributed by atoms with Crippen LogP contribution in [0.1, 0.15) is 23.5 Å². The number of methoxy groups -OCH3 is 1. The van der Waals surface area contributed by atoms with Crippen LogP contribution in [0.5, 0.6) is 5.75 Å². The van der Waals surface area contributed by atoms with Crippen LogP contribution in [0, 0.1) is 6.92 Å². The number of rotatable bonds is 7. The number of sulfonamides is 1. The highest BCUT2D eigenvalue weighted by Crippen LogP contribution is 2.33. The Labute approximate surface area is 173 Å². The molecule has 1 N–H and O–H groups in total. The molecule has 2 heterocycles. The Balaban J connectivity index is 1.72. The highest BCUT2D eigenvalue weighted by molar-refractivity contribution is 7.89. The number of carbonyl (C=O) groups excluding carboxylic acids is 1. The van der Waals surface area contributed by atoms with Gasteiger partial charge in [-0.3, -0.25) is 4.79 Å². The molecule has 1 aromatic carbocycles. The Morgan fingerprint density at radius 3 is 2.93 bits per heavy atom. The number of nitrogens with zero attached hydrogens (tertiary/aromatic N) is 2. The first-order valence-electron chi connectivity index (χ1n) is 8.87. The van der Waals surface area contributed by atoms with E-state index in [9.17, 15) is 13.2 Å². The molecule has 1 aliphatic rings. The number of hydrogen-bond donors (Lipinski definition) is 1. The molecule has 7 nitrogen and oxygen atoms in total.